The van der Waals surface area contributed by atoms with Crippen LogP contribution in [0.2, 0.25) is 10.0 Å². The van der Waals surface area contributed by atoms with Gasteiger partial charge in [-0.2, -0.15) is 0 Å². The van der Waals surface area contributed by atoms with Crippen molar-refractivity contribution in [1.82, 2.24) is 10.6 Å². The number of hydrogen-bond acceptors (Lipinski definition) is 2. The Kier molecular flexibility index (Phi) is 14.0. The standard InChI is InChI=1S/C26H38Cl2N2/c27-25-15-9-7-13-23(25)17-21-29-19-11-5-3-1-2-4-6-12-20-30-22-18-24-14-8-10-16-26(24)28/h7-10,13-16,29-30H,1-6,11-12,17-22H2. The van der Waals surface area contributed by atoms with E-state index in [0.29, 0.717) is 0 Å². The Morgan fingerprint density at radius 1 is 0.467 bits per heavy atom. The normalized spacial score (nSPS) is 11.1. The van der Waals surface area contributed by atoms with Crippen LogP contribution in [0.3, 0.4) is 0 Å². The molecule has 0 unspecified atom stereocenters. The summed E-state index contributed by atoms with van der Waals surface area (Å²) in [7, 11) is 0. The quantitative estimate of drug-likeness (QED) is 0.252. The minimum absolute atomic E-state index is 0.882. The van der Waals surface area contributed by atoms with E-state index < -0.39 is 0 Å². The Morgan fingerprint density at radius 2 is 0.833 bits per heavy atom. The smallest absolute Gasteiger partial charge is 0.0438 e. The fourth-order valence-electron chi connectivity index (χ4n) is 3.66. The van der Waals surface area contributed by atoms with Gasteiger partial charge >= 0.3 is 0 Å². The lowest BCUT2D eigenvalue weighted by atomic mass is 10.1. The van der Waals surface area contributed by atoms with E-state index in [1.54, 1.807) is 0 Å². The van der Waals surface area contributed by atoms with Gasteiger partial charge in [0.2, 0.25) is 0 Å². The number of rotatable bonds is 17. The molecule has 166 valence electrons. The Balaban J connectivity index is 1.29. The van der Waals surface area contributed by atoms with E-state index in [4.69, 9.17) is 23.2 Å². The molecule has 0 spiro atoms. The van der Waals surface area contributed by atoms with Crippen molar-refractivity contribution in [3.63, 3.8) is 0 Å². The van der Waals surface area contributed by atoms with Crippen molar-refractivity contribution in [3.05, 3.63) is 69.7 Å². The van der Waals surface area contributed by atoms with Crippen molar-refractivity contribution < 1.29 is 0 Å². The topological polar surface area (TPSA) is 24.1 Å². The van der Waals surface area contributed by atoms with Gasteiger partial charge in [0.1, 0.15) is 0 Å². The number of unbranched alkanes of at least 4 members (excludes halogenated alkanes) is 7. The van der Waals surface area contributed by atoms with E-state index in [1.807, 2.05) is 24.3 Å². The maximum absolute atomic E-state index is 6.18. The zero-order valence-corrected chi connectivity index (χ0v) is 19.8. The Morgan fingerprint density at radius 3 is 1.23 bits per heavy atom. The zero-order chi connectivity index (χ0) is 21.3. The third kappa shape index (κ3) is 11.4. The van der Waals surface area contributed by atoms with Crippen molar-refractivity contribution in [2.24, 2.45) is 0 Å². The molecule has 0 bridgehead atoms. The molecular weight excluding hydrogens is 411 g/mol. The van der Waals surface area contributed by atoms with Crippen LogP contribution in [0.15, 0.2) is 48.5 Å². The van der Waals surface area contributed by atoms with Gasteiger partial charge < -0.3 is 10.6 Å². The van der Waals surface area contributed by atoms with E-state index in [1.165, 1.54) is 62.5 Å². The van der Waals surface area contributed by atoms with Crippen LogP contribution < -0.4 is 10.6 Å². The van der Waals surface area contributed by atoms with Crippen LogP contribution >= 0.6 is 23.2 Å². The predicted octanol–water partition coefficient (Wildman–Crippen LogP) is 7.08. The summed E-state index contributed by atoms with van der Waals surface area (Å²) in [5, 5.41) is 8.84. The second kappa shape index (κ2) is 16.6. The highest BCUT2D eigenvalue weighted by atomic mass is 35.5. The second-order valence-corrected chi connectivity index (χ2v) is 8.83. The molecule has 2 aromatic carbocycles. The molecule has 0 aliphatic carbocycles. The summed E-state index contributed by atoms with van der Waals surface area (Å²) in [6.45, 7) is 4.25. The molecule has 30 heavy (non-hydrogen) atoms. The lowest BCUT2D eigenvalue weighted by Gasteiger charge is -2.07. The molecule has 0 aromatic heterocycles. The van der Waals surface area contributed by atoms with Gasteiger partial charge in [-0.15, -0.1) is 0 Å². The fourth-order valence-corrected chi connectivity index (χ4v) is 4.12. The molecule has 2 rings (SSSR count). The molecular formula is C26H38Cl2N2. The van der Waals surface area contributed by atoms with Crippen LogP contribution in [-0.2, 0) is 12.8 Å². The van der Waals surface area contributed by atoms with Crippen molar-refractivity contribution in [3.8, 4) is 0 Å². The molecule has 0 amide bonds. The first-order valence-corrected chi connectivity index (χ1v) is 12.4. The summed E-state index contributed by atoms with van der Waals surface area (Å²) < 4.78 is 0. The monoisotopic (exact) mass is 448 g/mol. The molecule has 0 aliphatic rings. The highest BCUT2D eigenvalue weighted by Crippen LogP contribution is 2.15. The number of benzene rings is 2. The average molecular weight is 450 g/mol. The highest BCUT2D eigenvalue weighted by molar-refractivity contribution is 6.31. The highest BCUT2D eigenvalue weighted by Gasteiger charge is 1.99. The van der Waals surface area contributed by atoms with E-state index in [-0.39, 0.29) is 0 Å². The summed E-state index contributed by atoms with van der Waals surface area (Å²) in [6, 6.07) is 16.2. The third-order valence-corrected chi connectivity index (χ3v) is 6.25. The van der Waals surface area contributed by atoms with Crippen LogP contribution in [0.25, 0.3) is 0 Å². The lowest BCUT2D eigenvalue weighted by molar-refractivity contribution is 0.541. The van der Waals surface area contributed by atoms with Gasteiger partial charge in [0.15, 0.2) is 0 Å². The number of halogens is 2. The Bertz CT molecular complexity index is 631. The van der Waals surface area contributed by atoms with E-state index in [9.17, 15) is 0 Å². The molecule has 2 nitrogen and oxygen atoms in total. The van der Waals surface area contributed by atoms with Crippen molar-refractivity contribution >= 4 is 23.2 Å². The maximum Gasteiger partial charge on any atom is 0.0438 e. The van der Waals surface area contributed by atoms with Gasteiger partial charge in [-0.05, 0) is 75.1 Å². The van der Waals surface area contributed by atoms with Crippen molar-refractivity contribution in [1.29, 1.82) is 0 Å². The molecule has 2 N–H and O–H groups in total. The van der Waals surface area contributed by atoms with Crippen LogP contribution in [-0.4, -0.2) is 26.2 Å². The van der Waals surface area contributed by atoms with E-state index in [0.717, 1.165) is 49.1 Å². The minimum Gasteiger partial charge on any atom is -0.316 e. The second-order valence-electron chi connectivity index (χ2n) is 8.01. The molecule has 0 saturated heterocycles. The summed E-state index contributed by atoms with van der Waals surface area (Å²) >= 11 is 12.4. The maximum atomic E-state index is 6.18. The van der Waals surface area contributed by atoms with Gasteiger partial charge in [-0.1, -0.05) is 98.1 Å². The summed E-state index contributed by atoms with van der Waals surface area (Å²) in [5.41, 5.74) is 2.48. The van der Waals surface area contributed by atoms with Crippen LogP contribution in [0.1, 0.15) is 62.5 Å². The Hall–Kier alpha value is -1.06. The molecule has 0 aliphatic heterocycles. The van der Waals surface area contributed by atoms with Crippen molar-refractivity contribution in [2.75, 3.05) is 26.2 Å². The van der Waals surface area contributed by atoms with Gasteiger partial charge in [-0.3, -0.25) is 0 Å². The number of hydrogen-bond donors (Lipinski definition) is 2. The first kappa shape index (κ1) is 25.2. The molecule has 0 saturated carbocycles. The SMILES string of the molecule is Clc1ccccc1CCNCCCCCCCCCCNCCc1ccccc1Cl. The third-order valence-electron chi connectivity index (χ3n) is 5.52. The van der Waals surface area contributed by atoms with Crippen LogP contribution in [0.5, 0.6) is 0 Å². The first-order chi connectivity index (χ1) is 14.8. The molecule has 0 atom stereocenters. The Labute approximate surface area is 193 Å². The summed E-state index contributed by atoms with van der Waals surface area (Å²) in [5.74, 6) is 0. The largest absolute Gasteiger partial charge is 0.316 e. The fraction of sp³-hybridized carbons (Fsp3) is 0.538. The predicted molar refractivity (Wildman–Crippen MR) is 133 cm³/mol. The van der Waals surface area contributed by atoms with Crippen LogP contribution in [0.4, 0.5) is 0 Å². The van der Waals surface area contributed by atoms with Crippen LogP contribution in [0, 0.1) is 0 Å². The van der Waals surface area contributed by atoms with Gasteiger partial charge in [0.05, 0.1) is 0 Å². The first-order valence-electron chi connectivity index (χ1n) is 11.7. The van der Waals surface area contributed by atoms with Crippen molar-refractivity contribution in [2.45, 2.75) is 64.2 Å². The number of nitrogens with one attached hydrogen (secondary N) is 2. The lowest BCUT2D eigenvalue weighted by Crippen LogP contribution is -2.18. The van der Waals surface area contributed by atoms with Gasteiger partial charge in [-0.25, -0.2) is 0 Å². The molecule has 0 heterocycles. The van der Waals surface area contributed by atoms with Gasteiger partial charge in [0, 0.05) is 10.0 Å². The average Bonchev–Trinajstić information content (AvgIpc) is 2.76. The van der Waals surface area contributed by atoms with Gasteiger partial charge in [0.25, 0.3) is 0 Å². The summed E-state index contributed by atoms with van der Waals surface area (Å²) in [4.78, 5) is 0. The molecule has 2 aromatic rings. The van der Waals surface area contributed by atoms with E-state index >= 15 is 0 Å². The molecule has 0 fully saturated rings. The molecule has 4 heteroatoms. The van der Waals surface area contributed by atoms with E-state index in [2.05, 4.69) is 34.9 Å². The minimum atomic E-state index is 0.882. The molecule has 0 radical (unpaired) electrons. The zero-order valence-electron chi connectivity index (χ0n) is 18.3. The summed E-state index contributed by atoms with van der Waals surface area (Å²) in [6.07, 6.45) is 12.7.